The van der Waals surface area contributed by atoms with Gasteiger partial charge in [0.1, 0.15) is 5.76 Å². The predicted molar refractivity (Wildman–Crippen MR) is 90.9 cm³/mol. The second kappa shape index (κ2) is 9.47. The summed E-state index contributed by atoms with van der Waals surface area (Å²) in [5, 5.41) is 2.89. The fraction of sp³-hybridized carbons (Fsp3) is 0.667. The van der Waals surface area contributed by atoms with Crippen molar-refractivity contribution in [3.05, 3.63) is 23.7 Å². The smallest absolute Gasteiger partial charge is 0.257 e. The van der Waals surface area contributed by atoms with Crippen LogP contribution in [0.25, 0.3) is 0 Å². The number of furan rings is 1. The lowest BCUT2D eigenvalue weighted by atomic mass is 10.1. The Labute approximate surface area is 143 Å². The zero-order valence-electron chi connectivity index (χ0n) is 14.7. The Balaban J connectivity index is 1.93. The molecule has 0 bridgehead atoms. The van der Waals surface area contributed by atoms with Crippen molar-refractivity contribution < 1.29 is 18.7 Å². The van der Waals surface area contributed by atoms with Crippen molar-refractivity contribution in [2.45, 2.75) is 52.1 Å². The molecule has 0 radical (unpaired) electrons. The normalized spacial score (nSPS) is 17.0. The summed E-state index contributed by atoms with van der Waals surface area (Å²) in [6.07, 6.45) is 5.88. The maximum Gasteiger partial charge on any atom is 0.257 e. The van der Waals surface area contributed by atoms with E-state index >= 15 is 0 Å². The molecule has 2 rings (SSSR count). The standard InChI is InChI=1S/C18H28N2O4/c1-3-4-9-19-17(21)7-10-20(13-15-6-5-11-24-15)18(22)16-8-12-23-14(16)2/h8,12,15H,3-7,9-11,13H2,1-2H3,(H,19,21)/t15-/m0/s1. The van der Waals surface area contributed by atoms with Crippen LogP contribution in [0.1, 0.15) is 55.1 Å². The minimum atomic E-state index is -0.0990. The average Bonchev–Trinajstić information content (AvgIpc) is 3.22. The van der Waals surface area contributed by atoms with Crippen molar-refractivity contribution in [3.8, 4) is 0 Å². The first-order valence-corrected chi connectivity index (χ1v) is 8.83. The van der Waals surface area contributed by atoms with E-state index < -0.39 is 0 Å². The second-order valence-corrected chi connectivity index (χ2v) is 6.23. The molecule has 0 spiro atoms. The van der Waals surface area contributed by atoms with E-state index in [1.165, 1.54) is 6.26 Å². The van der Waals surface area contributed by atoms with Gasteiger partial charge in [-0.2, -0.15) is 0 Å². The van der Waals surface area contributed by atoms with E-state index in [4.69, 9.17) is 9.15 Å². The Bertz CT molecular complexity index is 535. The molecule has 1 aliphatic rings. The lowest BCUT2D eigenvalue weighted by Crippen LogP contribution is -2.40. The molecule has 1 aliphatic heterocycles. The van der Waals surface area contributed by atoms with Gasteiger partial charge in [-0.25, -0.2) is 0 Å². The fourth-order valence-corrected chi connectivity index (χ4v) is 2.82. The van der Waals surface area contributed by atoms with Crippen LogP contribution >= 0.6 is 0 Å². The van der Waals surface area contributed by atoms with Gasteiger partial charge in [0, 0.05) is 32.7 Å². The van der Waals surface area contributed by atoms with Gasteiger partial charge in [-0.3, -0.25) is 9.59 Å². The molecule has 1 aromatic heterocycles. The fourth-order valence-electron chi connectivity index (χ4n) is 2.82. The summed E-state index contributed by atoms with van der Waals surface area (Å²) in [7, 11) is 0. The molecule has 1 N–H and O–H groups in total. The Morgan fingerprint density at radius 3 is 2.88 bits per heavy atom. The number of hydrogen-bond donors (Lipinski definition) is 1. The van der Waals surface area contributed by atoms with E-state index in [1.54, 1.807) is 17.9 Å². The minimum absolute atomic E-state index is 0.0162. The van der Waals surface area contributed by atoms with Crippen LogP contribution in [0, 0.1) is 6.92 Å². The highest BCUT2D eigenvalue weighted by Crippen LogP contribution is 2.17. The largest absolute Gasteiger partial charge is 0.469 e. The lowest BCUT2D eigenvalue weighted by molar-refractivity contribution is -0.121. The molecule has 0 aromatic carbocycles. The second-order valence-electron chi connectivity index (χ2n) is 6.23. The summed E-state index contributed by atoms with van der Waals surface area (Å²) < 4.78 is 10.9. The summed E-state index contributed by atoms with van der Waals surface area (Å²) in [6.45, 7) is 6.20. The molecule has 1 aromatic rings. The SMILES string of the molecule is CCCCNC(=O)CCN(C[C@@H]1CCCO1)C(=O)c1ccoc1C. The van der Waals surface area contributed by atoms with Gasteiger partial charge in [0.25, 0.3) is 5.91 Å². The first kappa shape index (κ1) is 18.5. The molecule has 2 heterocycles. The van der Waals surface area contributed by atoms with Gasteiger partial charge >= 0.3 is 0 Å². The highest BCUT2D eigenvalue weighted by Gasteiger charge is 2.25. The average molecular weight is 336 g/mol. The van der Waals surface area contributed by atoms with Crippen molar-refractivity contribution in [3.63, 3.8) is 0 Å². The van der Waals surface area contributed by atoms with Crippen LogP contribution in [0.2, 0.25) is 0 Å². The third kappa shape index (κ3) is 5.37. The summed E-state index contributed by atoms with van der Waals surface area (Å²) in [6, 6.07) is 1.68. The molecular formula is C18H28N2O4. The molecule has 1 saturated heterocycles. The number of nitrogens with one attached hydrogen (secondary N) is 1. The lowest BCUT2D eigenvalue weighted by Gasteiger charge is -2.25. The van der Waals surface area contributed by atoms with Gasteiger partial charge in [0.2, 0.25) is 5.91 Å². The van der Waals surface area contributed by atoms with Crippen molar-refractivity contribution in [2.24, 2.45) is 0 Å². The first-order chi connectivity index (χ1) is 11.6. The van der Waals surface area contributed by atoms with E-state index in [9.17, 15) is 9.59 Å². The Morgan fingerprint density at radius 1 is 1.42 bits per heavy atom. The van der Waals surface area contributed by atoms with Crippen molar-refractivity contribution in [1.29, 1.82) is 0 Å². The van der Waals surface area contributed by atoms with E-state index in [1.807, 2.05) is 0 Å². The number of rotatable bonds is 9. The van der Waals surface area contributed by atoms with E-state index in [2.05, 4.69) is 12.2 Å². The molecule has 24 heavy (non-hydrogen) atoms. The minimum Gasteiger partial charge on any atom is -0.469 e. The Hall–Kier alpha value is -1.82. The van der Waals surface area contributed by atoms with Crippen LogP contribution in [0.15, 0.2) is 16.7 Å². The van der Waals surface area contributed by atoms with Crippen LogP contribution in [0.5, 0.6) is 0 Å². The summed E-state index contributed by atoms with van der Waals surface area (Å²) in [5.74, 6) is 0.486. The third-order valence-corrected chi connectivity index (χ3v) is 4.29. The number of hydrogen-bond acceptors (Lipinski definition) is 4. The quantitative estimate of drug-likeness (QED) is 0.703. The van der Waals surface area contributed by atoms with Crippen LogP contribution in [0.3, 0.4) is 0 Å². The highest BCUT2D eigenvalue weighted by atomic mass is 16.5. The monoisotopic (exact) mass is 336 g/mol. The highest BCUT2D eigenvalue weighted by molar-refractivity contribution is 5.95. The summed E-state index contributed by atoms with van der Waals surface area (Å²) in [5.41, 5.74) is 0.555. The van der Waals surface area contributed by atoms with Gasteiger partial charge in [0.15, 0.2) is 0 Å². The predicted octanol–water partition coefficient (Wildman–Crippen LogP) is 2.52. The Morgan fingerprint density at radius 2 is 2.25 bits per heavy atom. The van der Waals surface area contributed by atoms with E-state index in [0.717, 1.165) is 32.3 Å². The van der Waals surface area contributed by atoms with Crippen LogP contribution in [-0.4, -0.2) is 49.1 Å². The maximum absolute atomic E-state index is 12.8. The molecule has 0 unspecified atom stereocenters. The topological polar surface area (TPSA) is 71.8 Å². The molecule has 6 nitrogen and oxygen atoms in total. The molecule has 0 aliphatic carbocycles. The van der Waals surface area contributed by atoms with Crippen molar-refractivity contribution in [2.75, 3.05) is 26.2 Å². The molecular weight excluding hydrogens is 308 g/mol. The van der Waals surface area contributed by atoms with Crippen LogP contribution in [0.4, 0.5) is 0 Å². The van der Waals surface area contributed by atoms with Crippen molar-refractivity contribution >= 4 is 11.8 Å². The first-order valence-electron chi connectivity index (χ1n) is 8.83. The van der Waals surface area contributed by atoms with Gasteiger partial charge in [-0.15, -0.1) is 0 Å². The van der Waals surface area contributed by atoms with Gasteiger partial charge in [0.05, 0.1) is 17.9 Å². The zero-order chi connectivity index (χ0) is 17.4. The number of carbonyl (C=O) groups excluding carboxylic acids is 2. The molecule has 1 fully saturated rings. The number of aryl methyl sites for hydroxylation is 1. The van der Waals surface area contributed by atoms with Gasteiger partial charge in [-0.1, -0.05) is 13.3 Å². The molecule has 6 heteroatoms. The molecule has 1 atom stereocenters. The van der Waals surface area contributed by atoms with Crippen molar-refractivity contribution in [1.82, 2.24) is 10.2 Å². The van der Waals surface area contributed by atoms with Gasteiger partial charge in [-0.05, 0) is 32.3 Å². The van der Waals surface area contributed by atoms with Gasteiger partial charge < -0.3 is 19.4 Å². The van der Waals surface area contributed by atoms with Crippen LogP contribution in [-0.2, 0) is 9.53 Å². The number of amides is 2. The molecule has 0 saturated carbocycles. The molecule has 2 amide bonds. The molecule has 134 valence electrons. The van der Waals surface area contributed by atoms with Crippen LogP contribution < -0.4 is 5.32 Å². The summed E-state index contributed by atoms with van der Waals surface area (Å²) >= 11 is 0. The van der Waals surface area contributed by atoms with E-state index in [-0.39, 0.29) is 17.9 Å². The van der Waals surface area contributed by atoms with E-state index in [0.29, 0.717) is 37.4 Å². The number of unbranched alkanes of at least 4 members (excludes halogenated alkanes) is 1. The zero-order valence-corrected chi connectivity index (χ0v) is 14.7. The number of nitrogens with zero attached hydrogens (tertiary/aromatic N) is 1. The third-order valence-electron chi connectivity index (χ3n) is 4.29. The summed E-state index contributed by atoms with van der Waals surface area (Å²) in [4.78, 5) is 26.4. The number of ether oxygens (including phenoxy) is 1. The Kier molecular flexibility index (Phi) is 7.31. The maximum atomic E-state index is 12.8. The number of carbonyl (C=O) groups is 2.